The van der Waals surface area contributed by atoms with Crippen LogP contribution in [0, 0.1) is 0 Å². The molecule has 0 spiro atoms. The van der Waals surface area contributed by atoms with Crippen LogP contribution < -0.4 is 5.73 Å². The Morgan fingerprint density at radius 3 is 2.33 bits per heavy atom. The van der Waals surface area contributed by atoms with Crippen molar-refractivity contribution in [1.29, 1.82) is 0 Å². The van der Waals surface area contributed by atoms with Gasteiger partial charge >= 0.3 is 0 Å². The van der Waals surface area contributed by atoms with Crippen LogP contribution in [0.15, 0.2) is 0 Å². The Morgan fingerprint density at radius 1 is 1.42 bits per heavy atom. The maximum atomic E-state index is 5.63. The Labute approximate surface area is 74.9 Å². The van der Waals surface area contributed by atoms with Gasteiger partial charge in [0.2, 0.25) is 0 Å². The van der Waals surface area contributed by atoms with Crippen molar-refractivity contribution in [3.8, 4) is 0 Å². The summed E-state index contributed by atoms with van der Waals surface area (Å²) in [5.74, 6) is 0. The first-order chi connectivity index (χ1) is 5.63. The van der Waals surface area contributed by atoms with Crippen LogP contribution in [-0.4, -0.2) is 42.8 Å². The average molecular weight is 172 g/mol. The van der Waals surface area contributed by atoms with Crippen LogP contribution in [0.4, 0.5) is 0 Å². The number of morpholine rings is 1. The van der Waals surface area contributed by atoms with Gasteiger partial charge in [0.05, 0.1) is 12.2 Å². The number of ether oxygens (including phenoxy) is 1. The molecule has 3 atom stereocenters. The van der Waals surface area contributed by atoms with Gasteiger partial charge in [-0.2, -0.15) is 0 Å². The van der Waals surface area contributed by atoms with Gasteiger partial charge < -0.3 is 10.5 Å². The zero-order valence-electron chi connectivity index (χ0n) is 8.29. The molecular weight excluding hydrogens is 152 g/mol. The maximum absolute atomic E-state index is 5.63. The molecule has 0 bridgehead atoms. The standard InChI is InChI=1S/C9H20N2O/c1-7(4-10)11-5-8(2)12-9(3)6-11/h7-9H,4-6,10H2,1-3H3/t7-,8+,9+/m0/s1. The van der Waals surface area contributed by atoms with E-state index in [1.165, 1.54) is 0 Å². The molecule has 0 radical (unpaired) electrons. The first-order valence-electron chi connectivity index (χ1n) is 4.73. The minimum atomic E-state index is 0.350. The molecular formula is C9H20N2O. The summed E-state index contributed by atoms with van der Waals surface area (Å²) in [4.78, 5) is 2.40. The van der Waals surface area contributed by atoms with E-state index in [0.29, 0.717) is 18.2 Å². The smallest absolute Gasteiger partial charge is 0.0678 e. The molecule has 1 aliphatic rings. The number of hydrogen-bond acceptors (Lipinski definition) is 3. The Hall–Kier alpha value is -0.120. The van der Waals surface area contributed by atoms with Gasteiger partial charge in [0.15, 0.2) is 0 Å². The maximum Gasteiger partial charge on any atom is 0.0678 e. The molecule has 0 aromatic carbocycles. The lowest BCUT2D eigenvalue weighted by molar-refractivity contribution is -0.0773. The topological polar surface area (TPSA) is 38.5 Å². The number of nitrogens with two attached hydrogens (primary N) is 1. The van der Waals surface area contributed by atoms with E-state index in [9.17, 15) is 0 Å². The molecule has 1 heterocycles. The molecule has 0 amide bonds. The molecule has 0 aromatic heterocycles. The van der Waals surface area contributed by atoms with Gasteiger partial charge in [-0.05, 0) is 20.8 Å². The van der Waals surface area contributed by atoms with Crippen molar-refractivity contribution < 1.29 is 4.74 Å². The van der Waals surface area contributed by atoms with Crippen molar-refractivity contribution in [2.24, 2.45) is 5.73 Å². The summed E-state index contributed by atoms with van der Waals surface area (Å²) in [6.07, 6.45) is 0.700. The summed E-state index contributed by atoms with van der Waals surface area (Å²) >= 11 is 0. The number of rotatable bonds is 2. The van der Waals surface area contributed by atoms with Gasteiger partial charge in [0, 0.05) is 25.7 Å². The lowest BCUT2D eigenvalue weighted by atomic mass is 10.2. The van der Waals surface area contributed by atoms with Crippen molar-refractivity contribution in [2.75, 3.05) is 19.6 Å². The van der Waals surface area contributed by atoms with E-state index in [1.54, 1.807) is 0 Å². The highest BCUT2D eigenvalue weighted by Crippen LogP contribution is 2.12. The summed E-state index contributed by atoms with van der Waals surface area (Å²) in [6.45, 7) is 9.17. The fourth-order valence-electron chi connectivity index (χ4n) is 1.73. The molecule has 0 unspecified atom stereocenters. The fraction of sp³-hybridized carbons (Fsp3) is 1.00. The molecule has 1 aliphatic heterocycles. The quantitative estimate of drug-likeness (QED) is 0.657. The lowest BCUT2D eigenvalue weighted by Gasteiger charge is -2.38. The Kier molecular flexibility index (Phi) is 3.50. The largest absolute Gasteiger partial charge is 0.373 e. The van der Waals surface area contributed by atoms with Crippen LogP contribution >= 0.6 is 0 Å². The Morgan fingerprint density at radius 2 is 1.92 bits per heavy atom. The van der Waals surface area contributed by atoms with Gasteiger partial charge in [0.1, 0.15) is 0 Å². The second-order valence-electron chi connectivity index (χ2n) is 3.80. The molecule has 72 valence electrons. The van der Waals surface area contributed by atoms with Crippen LogP contribution in [0.5, 0.6) is 0 Å². The molecule has 0 saturated carbocycles. The highest BCUT2D eigenvalue weighted by Gasteiger charge is 2.24. The third kappa shape index (κ3) is 2.44. The second-order valence-corrected chi connectivity index (χ2v) is 3.80. The van der Waals surface area contributed by atoms with E-state index in [-0.39, 0.29) is 0 Å². The predicted molar refractivity (Wildman–Crippen MR) is 50.1 cm³/mol. The SMILES string of the molecule is C[C@@H]1CN([C@@H](C)CN)C[C@@H](C)O1. The van der Waals surface area contributed by atoms with E-state index < -0.39 is 0 Å². The van der Waals surface area contributed by atoms with Gasteiger partial charge in [-0.3, -0.25) is 4.90 Å². The minimum Gasteiger partial charge on any atom is -0.373 e. The molecule has 12 heavy (non-hydrogen) atoms. The Balaban J connectivity index is 2.43. The monoisotopic (exact) mass is 172 g/mol. The third-order valence-corrected chi connectivity index (χ3v) is 2.41. The van der Waals surface area contributed by atoms with Gasteiger partial charge in [0.25, 0.3) is 0 Å². The van der Waals surface area contributed by atoms with E-state index in [0.717, 1.165) is 19.6 Å². The summed E-state index contributed by atoms with van der Waals surface area (Å²) < 4.78 is 5.63. The van der Waals surface area contributed by atoms with E-state index in [1.807, 2.05) is 0 Å². The lowest BCUT2D eigenvalue weighted by Crippen LogP contribution is -2.51. The highest BCUT2D eigenvalue weighted by molar-refractivity contribution is 4.77. The predicted octanol–water partition coefficient (Wildman–Crippen LogP) is 0.443. The summed E-state index contributed by atoms with van der Waals surface area (Å²) in [5.41, 5.74) is 5.61. The molecule has 3 nitrogen and oxygen atoms in total. The Bertz CT molecular complexity index is 130. The van der Waals surface area contributed by atoms with E-state index >= 15 is 0 Å². The van der Waals surface area contributed by atoms with Crippen molar-refractivity contribution in [3.05, 3.63) is 0 Å². The molecule has 1 fully saturated rings. The molecule has 1 rings (SSSR count). The zero-order chi connectivity index (χ0) is 9.14. The third-order valence-electron chi connectivity index (χ3n) is 2.41. The molecule has 0 aromatic rings. The van der Waals surface area contributed by atoms with Crippen molar-refractivity contribution >= 4 is 0 Å². The molecule has 1 saturated heterocycles. The molecule has 0 aliphatic carbocycles. The average Bonchev–Trinajstić information content (AvgIpc) is 2.01. The van der Waals surface area contributed by atoms with Crippen LogP contribution in [0.2, 0.25) is 0 Å². The van der Waals surface area contributed by atoms with Crippen LogP contribution in [-0.2, 0) is 4.74 Å². The normalized spacial score (nSPS) is 35.0. The molecule has 3 heteroatoms. The zero-order valence-corrected chi connectivity index (χ0v) is 8.29. The van der Waals surface area contributed by atoms with Crippen molar-refractivity contribution in [3.63, 3.8) is 0 Å². The van der Waals surface area contributed by atoms with E-state index in [2.05, 4.69) is 25.7 Å². The number of hydrogen-bond donors (Lipinski definition) is 1. The van der Waals surface area contributed by atoms with Crippen LogP contribution in [0.25, 0.3) is 0 Å². The molecule has 2 N–H and O–H groups in total. The van der Waals surface area contributed by atoms with E-state index in [4.69, 9.17) is 10.5 Å². The highest BCUT2D eigenvalue weighted by atomic mass is 16.5. The first-order valence-corrected chi connectivity index (χ1v) is 4.73. The first kappa shape index (κ1) is 9.96. The van der Waals surface area contributed by atoms with Gasteiger partial charge in [-0.25, -0.2) is 0 Å². The fourth-order valence-corrected chi connectivity index (χ4v) is 1.73. The van der Waals surface area contributed by atoms with Gasteiger partial charge in [-0.15, -0.1) is 0 Å². The van der Waals surface area contributed by atoms with Gasteiger partial charge in [-0.1, -0.05) is 0 Å². The van der Waals surface area contributed by atoms with Crippen LogP contribution in [0.3, 0.4) is 0 Å². The summed E-state index contributed by atoms with van der Waals surface area (Å²) in [6, 6.07) is 0.485. The summed E-state index contributed by atoms with van der Waals surface area (Å²) in [5, 5.41) is 0. The summed E-state index contributed by atoms with van der Waals surface area (Å²) in [7, 11) is 0. The van der Waals surface area contributed by atoms with Crippen LogP contribution in [0.1, 0.15) is 20.8 Å². The minimum absolute atomic E-state index is 0.350. The van der Waals surface area contributed by atoms with Crippen molar-refractivity contribution in [1.82, 2.24) is 4.90 Å². The second kappa shape index (κ2) is 4.21. The number of nitrogens with zero attached hydrogens (tertiary/aromatic N) is 1. The van der Waals surface area contributed by atoms with Crippen molar-refractivity contribution in [2.45, 2.75) is 39.0 Å².